The lowest BCUT2D eigenvalue weighted by Gasteiger charge is -2.27. The number of nitrogens with zero attached hydrogens (tertiary/aromatic N) is 3. The van der Waals surface area contributed by atoms with Gasteiger partial charge in [-0.25, -0.2) is 0 Å². The summed E-state index contributed by atoms with van der Waals surface area (Å²) < 4.78 is 2.37. The number of aromatic nitrogens is 1. The van der Waals surface area contributed by atoms with Crippen LogP contribution in [0, 0.1) is 0 Å². The van der Waals surface area contributed by atoms with Gasteiger partial charge in [-0.3, -0.25) is 0 Å². The first-order valence-electron chi connectivity index (χ1n) is 23.9. The lowest BCUT2D eigenvalue weighted by molar-refractivity contribution is 1.20. The SMILES string of the molecule is C=C/C=C\C=C(/C)n1c2ccccc2c2ccc(N(c3ccc(-c4ccccc4)cc3)c3ccc(-c4ccc(N(c5ccc(-c6ccccc6)cc5)c5ccc(-c6ccccc6)cc5)cc4)cc3)cc21. The highest BCUT2D eigenvalue weighted by Gasteiger charge is 2.19. The Morgan fingerprint density at radius 2 is 0.643 bits per heavy atom. The van der Waals surface area contributed by atoms with Gasteiger partial charge < -0.3 is 14.4 Å². The topological polar surface area (TPSA) is 11.4 Å². The molecule has 0 saturated carbocycles. The summed E-state index contributed by atoms with van der Waals surface area (Å²) in [4.78, 5) is 4.70. The molecule has 70 heavy (non-hydrogen) atoms. The van der Waals surface area contributed by atoms with Crippen molar-refractivity contribution in [3.05, 3.63) is 286 Å². The van der Waals surface area contributed by atoms with Crippen molar-refractivity contribution >= 4 is 61.6 Å². The number of anilines is 6. The molecule has 0 saturated heterocycles. The minimum absolute atomic E-state index is 1.07. The molecule has 0 aliphatic rings. The third-order valence-electron chi connectivity index (χ3n) is 13.1. The lowest BCUT2D eigenvalue weighted by Crippen LogP contribution is -2.10. The van der Waals surface area contributed by atoms with Gasteiger partial charge in [-0.1, -0.05) is 201 Å². The van der Waals surface area contributed by atoms with E-state index in [2.05, 4.69) is 289 Å². The summed E-state index contributed by atoms with van der Waals surface area (Å²) in [5.41, 5.74) is 19.4. The second-order valence-corrected chi connectivity index (χ2v) is 17.5. The summed E-state index contributed by atoms with van der Waals surface area (Å²) in [6.07, 6.45) is 7.97. The average molecular weight is 898 g/mol. The minimum atomic E-state index is 1.07. The monoisotopic (exact) mass is 897 g/mol. The Balaban J connectivity index is 0.953. The van der Waals surface area contributed by atoms with E-state index >= 15 is 0 Å². The molecule has 11 rings (SSSR count). The first kappa shape index (κ1) is 43.4. The first-order chi connectivity index (χ1) is 34.6. The summed E-state index contributed by atoms with van der Waals surface area (Å²) in [7, 11) is 0. The van der Waals surface area contributed by atoms with Gasteiger partial charge in [0.05, 0.1) is 11.0 Å². The van der Waals surface area contributed by atoms with Crippen LogP contribution in [0.2, 0.25) is 0 Å². The first-order valence-corrected chi connectivity index (χ1v) is 23.9. The number of hydrogen-bond acceptors (Lipinski definition) is 2. The van der Waals surface area contributed by atoms with Gasteiger partial charge in [-0.15, -0.1) is 0 Å². The third-order valence-corrected chi connectivity index (χ3v) is 13.1. The normalized spacial score (nSPS) is 11.6. The van der Waals surface area contributed by atoms with Crippen LogP contribution in [-0.2, 0) is 0 Å². The Kier molecular flexibility index (Phi) is 12.1. The predicted molar refractivity (Wildman–Crippen MR) is 300 cm³/mol. The van der Waals surface area contributed by atoms with Crippen LogP contribution in [0.5, 0.6) is 0 Å². The van der Waals surface area contributed by atoms with Crippen molar-refractivity contribution in [1.82, 2.24) is 4.57 Å². The average Bonchev–Trinajstić information content (AvgIpc) is 3.77. The van der Waals surface area contributed by atoms with Crippen LogP contribution in [0.15, 0.2) is 286 Å². The van der Waals surface area contributed by atoms with E-state index in [1.54, 1.807) is 0 Å². The van der Waals surface area contributed by atoms with E-state index in [1.165, 1.54) is 49.7 Å². The number of hydrogen-bond donors (Lipinski definition) is 0. The number of rotatable bonds is 13. The van der Waals surface area contributed by atoms with Crippen LogP contribution in [0.1, 0.15) is 6.92 Å². The summed E-state index contributed by atoms with van der Waals surface area (Å²) >= 11 is 0. The molecule has 0 spiro atoms. The number of para-hydroxylation sites is 1. The van der Waals surface area contributed by atoms with Gasteiger partial charge in [0.2, 0.25) is 0 Å². The second-order valence-electron chi connectivity index (χ2n) is 17.5. The Morgan fingerprint density at radius 3 is 1.03 bits per heavy atom. The molecule has 10 aromatic carbocycles. The summed E-state index contributed by atoms with van der Waals surface area (Å²) in [5, 5.41) is 2.44. The summed E-state index contributed by atoms with van der Waals surface area (Å²) in [5.74, 6) is 0. The molecule has 0 fully saturated rings. The molecule has 0 radical (unpaired) electrons. The largest absolute Gasteiger partial charge is 0.313 e. The van der Waals surface area contributed by atoms with E-state index in [-0.39, 0.29) is 0 Å². The van der Waals surface area contributed by atoms with Crippen LogP contribution in [0.4, 0.5) is 34.1 Å². The van der Waals surface area contributed by atoms with Gasteiger partial charge >= 0.3 is 0 Å². The van der Waals surface area contributed by atoms with Crippen molar-refractivity contribution < 1.29 is 0 Å². The minimum Gasteiger partial charge on any atom is -0.313 e. The molecule has 0 aliphatic carbocycles. The van der Waals surface area contributed by atoms with Crippen molar-refractivity contribution in [1.29, 1.82) is 0 Å². The molecular weight excluding hydrogens is 847 g/mol. The second kappa shape index (κ2) is 19.6. The molecule has 0 aliphatic heterocycles. The Hall–Kier alpha value is -9.18. The Morgan fingerprint density at radius 1 is 0.329 bits per heavy atom. The van der Waals surface area contributed by atoms with Gasteiger partial charge in [0.15, 0.2) is 0 Å². The fraction of sp³-hybridized carbons (Fsp3) is 0.0149. The van der Waals surface area contributed by atoms with Crippen LogP contribution < -0.4 is 9.80 Å². The molecule has 11 aromatic rings. The number of fused-ring (bicyclic) bond motifs is 3. The van der Waals surface area contributed by atoms with E-state index in [9.17, 15) is 0 Å². The summed E-state index contributed by atoms with van der Waals surface area (Å²) in [6, 6.07) is 91.8. The molecule has 0 unspecified atom stereocenters. The van der Waals surface area contributed by atoms with Crippen LogP contribution in [-0.4, -0.2) is 4.57 Å². The van der Waals surface area contributed by atoms with E-state index < -0.39 is 0 Å². The van der Waals surface area contributed by atoms with Gasteiger partial charge in [0.25, 0.3) is 0 Å². The van der Waals surface area contributed by atoms with E-state index in [4.69, 9.17) is 0 Å². The standard InChI is InChI=1S/C67H51N3/c1-3-4-8-17-49(2)68-66-25-16-15-24-64(66)65-47-46-63(48-67(65)68)70(61-42-30-55(31-43-61)52-22-13-7-14-23-52)62-44-34-57(35-45-62)56-32-40-60(41-33-56)69(58-36-26-53(27-37-58)50-18-9-5-10-19-50)59-38-28-54(29-39-59)51-20-11-6-12-21-51/h3-48H,1H2,2H3/b8-4-,49-17+. The van der Waals surface area contributed by atoms with Crippen molar-refractivity contribution in [3.8, 4) is 44.5 Å². The zero-order valence-electron chi connectivity index (χ0n) is 39.1. The molecule has 3 heteroatoms. The maximum Gasteiger partial charge on any atom is 0.0558 e. The van der Waals surface area contributed by atoms with Crippen LogP contribution >= 0.6 is 0 Å². The van der Waals surface area contributed by atoms with Crippen LogP contribution in [0.3, 0.4) is 0 Å². The molecule has 0 bridgehead atoms. The third kappa shape index (κ3) is 8.76. The van der Waals surface area contributed by atoms with Gasteiger partial charge in [-0.2, -0.15) is 0 Å². The molecule has 0 N–H and O–H groups in total. The van der Waals surface area contributed by atoms with Crippen molar-refractivity contribution in [3.63, 3.8) is 0 Å². The smallest absolute Gasteiger partial charge is 0.0558 e. The van der Waals surface area contributed by atoms with E-state index in [1.807, 2.05) is 18.2 Å². The number of allylic oxidation sites excluding steroid dienone is 5. The lowest BCUT2D eigenvalue weighted by atomic mass is 10.0. The fourth-order valence-corrected chi connectivity index (χ4v) is 9.63. The molecule has 334 valence electrons. The molecular formula is C67H51N3. The molecule has 0 atom stereocenters. The maximum atomic E-state index is 3.87. The molecule has 1 aromatic heterocycles. The van der Waals surface area contributed by atoms with Crippen LogP contribution in [0.25, 0.3) is 72.0 Å². The molecule has 3 nitrogen and oxygen atoms in total. The van der Waals surface area contributed by atoms with E-state index in [0.29, 0.717) is 0 Å². The zero-order chi connectivity index (χ0) is 47.2. The Labute approximate surface area is 411 Å². The number of benzene rings is 10. The van der Waals surface area contributed by atoms with Gasteiger partial charge in [-0.05, 0) is 136 Å². The highest BCUT2D eigenvalue weighted by Crippen LogP contribution is 2.42. The Bertz CT molecular complexity index is 3520. The van der Waals surface area contributed by atoms with Crippen molar-refractivity contribution in [2.75, 3.05) is 9.80 Å². The summed E-state index contributed by atoms with van der Waals surface area (Å²) in [6.45, 7) is 6.04. The highest BCUT2D eigenvalue weighted by molar-refractivity contribution is 6.11. The van der Waals surface area contributed by atoms with Crippen molar-refractivity contribution in [2.24, 2.45) is 0 Å². The fourth-order valence-electron chi connectivity index (χ4n) is 9.63. The molecule has 0 amide bonds. The quantitative estimate of drug-likeness (QED) is 0.107. The molecule has 1 heterocycles. The van der Waals surface area contributed by atoms with Gasteiger partial charge in [0, 0.05) is 50.6 Å². The van der Waals surface area contributed by atoms with E-state index in [0.717, 1.165) is 56.5 Å². The van der Waals surface area contributed by atoms with Crippen molar-refractivity contribution in [2.45, 2.75) is 6.92 Å². The zero-order valence-corrected chi connectivity index (χ0v) is 39.1. The van der Waals surface area contributed by atoms with Gasteiger partial charge in [0.1, 0.15) is 0 Å². The maximum absolute atomic E-state index is 3.87. The predicted octanol–water partition coefficient (Wildman–Crippen LogP) is 19.0. The highest BCUT2D eigenvalue weighted by atomic mass is 15.1.